The number of hydrogen-bond donors (Lipinski definition) is 2. The lowest BCUT2D eigenvalue weighted by Crippen LogP contribution is -2.45. The molecular weight excluding hydrogens is 256 g/mol. The van der Waals surface area contributed by atoms with Crippen LogP contribution in [-0.2, 0) is 0 Å². The van der Waals surface area contributed by atoms with Gasteiger partial charge in [-0.25, -0.2) is 0 Å². The van der Waals surface area contributed by atoms with Gasteiger partial charge >= 0.3 is 0 Å². The number of nitrogens with two attached hydrogens (primary N) is 1. The first kappa shape index (κ1) is 17.3. The Hall–Kier alpha value is -0.0800. The third-order valence-electron chi connectivity index (χ3n) is 6.27. The second kappa shape index (κ2) is 7.46. The zero-order valence-electron chi connectivity index (χ0n) is 14.7. The number of rotatable bonds is 7. The Bertz CT molecular complexity index is 297. The Morgan fingerprint density at radius 1 is 1.00 bits per heavy atom. The Labute approximate surface area is 132 Å². The molecular formula is C19H38N2. The second-order valence-corrected chi connectivity index (χ2v) is 8.80. The molecule has 2 aliphatic carbocycles. The van der Waals surface area contributed by atoms with Gasteiger partial charge in [-0.2, -0.15) is 0 Å². The zero-order chi connectivity index (χ0) is 15.3. The summed E-state index contributed by atoms with van der Waals surface area (Å²) in [4.78, 5) is 0. The SMILES string of the molecule is CC(C)CC1(CNCC2(CN)CCC(C)CC2)CCCC1. The molecule has 0 atom stereocenters. The monoisotopic (exact) mass is 294 g/mol. The summed E-state index contributed by atoms with van der Waals surface area (Å²) >= 11 is 0. The van der Waals surface area contributed by atoms with Gasteiger partial charge in [0.1, 0.15) is 0 Å². The normalized spacial score (nSPS) is 32.7. The van der Waals surface area contributed by atoms with Crippen molar-refractivity contribution in [2.45, 2.75) is 78.6 Å². The molecule has 2 aliphatic rings. The topological polar surface area (TPSA) is 38.0 Å². The van der Waals surface area contributed by atoms with E-state index in [-0.39, 0.29) is 0 Å². The van der Waals surface area contributed by atoms with Gasteiger partial charge < -0.3 is 11.1 Å². The van der Waals surface area contributed by atoms with Crippen LogP contribution in [0.2, 0.25) is 0 Å². The van der Waals surface area contributed by atoms with Crippen molar-refractivity contribution in [3.63, 3.8) is 0 Å². The van der Waals surface area contributed by atoms with Gasteiger partial charge in [0.2, 0.25) is 0 Å². The lowest BCUT2D eigenvalue weighted by atomic mass is 9.70. The van der Waals surface area contributed by atoms with E-state index < -0.39 is 0 Å². The van der Waals surface area contributed by atoms with Gasteiger partial charge in [0.05, 0.1) is 0 Å². The van der Waals surface area contributed by atoms with Gasteiger partial charge in [0.25, 0.3) is 0 Å². The van der Waals surface area contributed by atoms with Crippen molar-refractivity contribution in [3.05, 3.63) is 0 Å². The van der Waals surface area contributed by atoms with Crippen LogP contribution in [0.3, 0.4) is 0 Å². The van der Waals surface area contributed by atoms with E-state index in [1.807, 2.05) is 0 Å². The van der Waals surface area contributed by atoms with Gasteiger partial charge in [-0.05, 0) is 61.3 Å². The molecule has 0 amide bonds. The van der Waals surface area contributed by atoms with Gasteiger partial charge in [-0.3, -0.25) is 0 Å². The summed E-state index contributed by atoms with van der Waals surface area (Å²) in [5.41, 5.74) is 7.13. The summed E-state index contributed by atoms with van der Waals surface area (Å²) in [5.74, 6) is 1.73. The van der Waals surface area contributed by atoms with Crippen LogP contribution in [0.4, 0.5) is 0 Å². The predicted molar refractivity (Wildman–Crippen MR) is 92.3 cm³/mol. The molecule has 0 aliphatic heterocycles. The molecule has 0 radical (unpaired) electrons. The van der Waals surface area contributed by atoms with Crippen molar-refractivity contribution >= 4 is 0 Å². The maximum atomic E-state index is 6.15. The van der Waals surface area contributed by atoms with Crippen molar-refractivity contribution in [1.29, 1.82) is 0 Å². The van der Waals surface area contributed by atoms with E-state index in [1.54, 1.807) is 0 Å². The van der Waals surface area contributed by atoms with E-state index in [9.17, 15) is 0 Å². The van der Waals surface area contributed by atoms with Gasteiger partial charge in [0, 0.05) is 13.1 Å². The van der Waals surface area contributed by atoms with Crippen molar-refractivity contribution in [1.82, 2.24) is 5.32 Å². The first-order valence-corrected chi connectivity index (χ1v) is 9.40. The van der Waals surface area contributed by atoms with Crippen molar-refractivity contribution < 1.29 is 0 Å². The van der Waals surface area contributed by atoms with Crippen molar-refractivity contribution in [3.8, 4) is 0 Å². The largest absolute Gasteiger partial charge is 0.330 e. The fourth-order valence-electron chi connectivity index (χ4n) is 4.86. The van der Waals surface area contributed by atoms with E-state index in [1.165, 1.54) is 64.3 Å². The predicted octanol–water partition coefficient (Wildman–Crippen LogP) is 4.34. The molecule has 2 heteroatoms. The Morgan fingerprint density at radius 3 is 2.10 bits per heavy atom. The third kappa shape index (κ3) is 4.69. The average molecular weight is 295 g/mol. The Balaban J connectivity index is 1.83. The maximum absolute atomic E-state index is 6.15. The lowest BCUT2D eigenvalue weighted by molar-refractivity contribution is 0.144. The number of hydrogen-bond acceptors (Lipinski definition) is 2. The molecule has 0 aromatic carbocycles. The quantitative estimate of drug-likeness (QED) is 0.733. The van der Waals surface area contributed by atoms with Crippen LogP contribution in [0, 0.1) is 22.7 Å². The minimum absolute atomic E-state index is 0.393. The van der Waals surface area contributed by atoms with Gasteiger partial charge in [-0.15, -0.1) is 0 Å². The molecule has 0 aromatic rings. The smallest absolute Gasteiger partial charge is 0.00201 e. The first-order valence-electron chi connectivity index (χ1n) is 9.40. The highest BCUT2D eigenvalue weighted by atomic mass is 14.9. The molecule has 3 N–H and O–H groups in total. The molecule has 0 unspecified atom stereocenters. The second-order valence-electron chi connectivity index (χ2n) is 8.80. The third-order valence-corrected chi connectivity index (χ3v) is 6.27. The highest BCUT2D eigenvalue weighted by Gasteiger charge is 2.36. The van der Waals surface area contributed by atoms with Crippen LogP contribution < -0.4 is 11.1 Å². The van der Waals surface area contributed by atoms with Gasteiger partial charge in [0.15, 0.2) is 0 Å². The number of nitrogens with one attached hydrogen (secondary N) is 1. The molecule has 0 spiro atoms. The van der Waals surface area contributed by atoms with Gasteiger partial charge in [-0.1, -0.05) is 46.5 Å². The maximum Gasteiger partial charge on any atom is 0.00201 e. The summed E-state index contributed by atoms with van der Waals surface area (Å²) in [7, 11) is 0. The molecule has 21 heavy (non-hydrogen) atoms. The minimum Gasteiger partial charge on any atom is -0.330 e. The fourth-order valence-corrected chi connectivity index (χ4v) is 4.86. The Morgan fingerprint density at radius 2 is 1.57 bits per heavy atom. The molecule has 0 saturated heterocycles. The zero-order valence-corrected chi connectivity index (χ0v) is 14.7. The molecule has 2 saturated carbocycles. The van der Waals surface area contributed by atoms with Crippen LogP contribution in [0.25, 0.3) is 0 Å². The van der Waals surface area contributed by atoms with E-state index >= 15 is 0 Å². The first-order chi connectivity index (χ1) is 9.99. The summed E-state index contributed by atoms with van der Waals surface area (Å²) in [6.07, 6.45) is 12.5. The van der Waals surface area contributed by atoms with E-state index in [4.69, 9.17) is 5.73 Å². The van der Waals surface area contributed by atoms with Crippen LogP contribution in [0.1, 0.15) is 78.6 Å². The summed E-state index contributed by atoms with van der Waals surface area (Å²) in [5, 5.41) is 3.87. The highest BCUT2D eigenvalue weighted by Crippen LogP contribution is 2.43. The lowest BCUT2D eigenvalue weighted by Gasteiger charge is -2.40. The molecule has 0 bridgehead atoms. The standard InChI is InChI=1S/C19H38N2/c1-16(2)12-18(8-4-5-9-18)14-21-15-19(13-20)10-6-17(3)7-11-19/h16-17,21H,4-15,20H2,1-3H3. The van der Waals surface area contributed by atoms with E-state index in [2.05, 4.69) is 26.1 Å². The van der Waals surface area contributed by atoms with Crippen LogP contribution >= 0.6 is 0 Å². The molecule has 124 valence electrons. The highest BCUT2D eigenvalue weighted by molar-refractivity contribution is 4.91. The summed E-state index contributed by atoms with van der Waals surface area (Å²) < 4.78 is 0. The Kier molecular flexibility index (Phi) is 6.14. The van der Waals surface area contributed by atoms with Crippen molar-refractivity contribution in [2.75, 3.05) is 19.6 Å². The van der Waals surface area contributed by atoms with Crippen LogP contribution in [0.15, 0.2) is 0 Å². The minimum atomic E-state index is 0.393. The summed E-state index contributed by atoms with van der Waals surface area (Å²) in [6.45, 7) is 10.4. The van der Waals surface area contributed by atoms with E-state index in [0.717, 1.165) is 24.9 Å². The molecule has 2 nitrogen and oxygen atoms in total. The summed E-state index contributed by atoms with van der Waals surface area (Å²) in [6, 6.07) is 0. The fraction of sp³-hybridized carbons (Fsp3) is 1.00. The molecule has 0 heterocycles. The van der Waals surface area contributed by atoms with E-state index in [0.29, 0.717) is 10.8 Å². The molecule has 2 rings (SSSR count). The molecule has 2 fully saturated rings. The van der Waals surface area contributed by atoms with Crippen molar-refractivity contribution in [2.24, 2.45) is 28.4 Å². The van der Waals surface area contributed by atoms with Crippen LogP contribution in [-0.4, -0.2) is 19.6 Å². The average Bonchev–Trinajstić information content (AvgIpc) is 2.89. The van der Waals surface area contributed by atoms with Crippen LogP contribution in [0.5, 0.6) is 0 Å². The molecule has 0 aromatic heterocycles.